The van der Waals surface area contributed by atoms with Crippen LogP contribution in [0.4, 0.5) is 4.79 Å². The van der Waals surface area contributed by atoms with E-state index in [0.29, 0.717) is 13.1 Å². The van der Waals surface area contributed by atoms with Crippen LogP contribution in [0.25, 0.3) is 0 Å². The molecule has 0 radical (unpaired) electrons. The standard InChI is InChI=1S/C14H24N2O4/c1-9(17)11(12(18)19)15-13(20)16-7-5-10(6-8-16)14(2,3)4/h5,9,11,17H,6-8H2,1-4H3,(H,15,20)(H,18,19). The lowest BCUT2D eigenvalue weighted by molar-refractivity contribution is -0.141. The number of rotatable bonds is 3. The van der Waals surface area contributed by atoms with Crippen molar-refractivity contribution in [2.75, 3.05) is 13.1 Å². The number of aliphatic carboxylic acids is 1. The van der Waals surface area contributed by atoms with Crippen molar-refractivity contribution in [2.24, 2.45) is 5.41 Å². The normalized spacial score (nSPS) is 19.1. The van der Waals surface area contributed by atoms with E-state index in [4.69, 9.17) is 5.11 Å². The van der Waals surface area contributed by atoms with Gasteiger partial charge < -0.3 is 20.4 Å². The van der Waals surface area contributed by atoms with Gasteiger partial charge in [-0.3, -0.25) is 0 Å². The largest absolute Gasteiger partial charge is 0.480 e. The quantitative estimate of drug-likeness (QED) is 0.679. The number of nitrogens with zero attached hydrogens (tertiary/aromatic N) is 1. The van der Waals surface area contributed by atoms with Crippen LogP contribution in [0, 0.1) is 5.41 Å². The summed E-state index contributed by atoms with van der Waals surface area (Å²) < 4.78 is 0. The number of aliphatic hydroxyl groups is 1. The summed E-state index contributed by atoms with van der Waals surface area (Å²) in [5.74, 6) is -1.24. The van der Waals surface area contributed by atoms with Crippen LogP contribution in [0.3, 0.4) is 0 Å². The van der Waals surface area contributed by atoms with Crippen molar-refractivity contribution in [3.8, 4) is 0 Å². The van der Waals surface area contributed by atoms with Crippen LogP contribution in [0.1, 0.15) is 34.1 Å². The molecule has 3 N–H and O–H groups in total. The number of hydrogen-bond acceptors (Lipinski definition) is 3. The fourth-order valence-corrected chi connectivity index (χ4v) is 2.15. The molecule has 0 bridgehead atoms. The summed E-state index contributed by atoms with van der Waals surface area (Å²) in [6.07, 6.45) is 1.66. The highest BCUT2D eigenvalue weighted by Gasteiger charge is 2.29. The van der Waals surface area contributed by atoms with Gasteiger partial charge in [0.25, 0.3) is 0 Å². The molecule has 6 nitrogen and oxygen atoms in total. The summed E-state index contributed by atoms with van der Waals surface area (Å²) in [5.41, 5.74) is 1.39. The maximum Gasteiger partial charge on any atom is 0.328 e. The summed E-state index contributed by atoms with van der Waals surface area (Å²) in [6.45, 7) is 8.74. The fraction of sp³-hybridized carbons (Fsp3) is 0.714. The van der Waals surface area contributed by atoms with Gasteiger partial charge in [0.15, 0.2) is 6.04 Å². The van der Waals surface area contributed by atoms with Crippen LogP contribution in [0.5, 0.6) is 0 Å². The van der Waals surface area contributed by atoms with E-state index in [1.54, 1.807) is 4.90 Å². The van der Waals surface area contributed by atoms with E-state index in [-0.39, 0.29) is 5.41 Å². The predicted molar refractivity (Wildman–Crippen MR) is 75.4 cm³/mol. The molecule has 0 aromatic rings. The van der Waals surface area contributed by atoms with E-state index >= 15 is 0 Å². The molecular formula is C14H24N2O4. The van der Waals surface area contributed by atoms with E-state index in [2.05, 4.69) is 26.1 Å². The van der Waals surface area contributed by atoms with Gasteiger partial charge in [-0.1, -0.05) is 32.4 Å². The smallest absolute Gasteiger partial charge is 0.328 e. The Morgan fingerprint density at radius 1 is 1.40 bits per heavy atom. The van der Waals surface area contributed by atoms with Crippen LogP contribution < -0.4 is 5.32 Å². The van der Waals surface area contributed by atoms with Crippen molar-refractivity contribution in [1.82, 2.24) is 10.2 Å². The monoisotopic (exact) mass is 284 g/mol. The molecule has 0 aromatic carbocycles. The molecule has 0 saturated heterocycles. The molecule has 1 aliphatic rings. The van der Waals surface area contributed by atoms with E-state index in [0.717, 1.165) is 6.42 Å². The third-order valence-electron chi connectivity index (χ3n) is 3.49. The molecule has 2 amide bonds. The number of urea groups is 1. The minimum atomic E-state index is -1.28. The van der Waals surface area contributed by atoms with Gasteiger partial charge >= 0.3 is 12.0 Å². The zero-order chi connectivity index (χ0) is 15.5. The number of carboxylic acids is 1. The highest BCUT2D eigenvalue weighted by atomic mass is 16.4. The summed E-state index contributed by atoms with van der Waals surface area (Å²) in [4.78, 5) is 24.5. The first-order valence-corrected chi connectivity index (χ1v) is 6.78. The summed E-state index contributed by atoms with van der Waals surface area (Å²) in [5, 5.41) is 20.6. The molecule has 2 atom stereocenters. The van der Waals surface area contributed by atoms with Crippen molar-refractivity contribution in [3.05, 3.63) is 11.6 Å². The highest BCUT2D eigenvalue weighted by molar-refractivity contribution is 5.83. The predicted octanol–water partition coefficient (Wildman–Crippen LogP) is 1.21. The molecule has 1 aliphatic heterocycles. The van der Waals surface area contributed by atoms with Gasteiger partial charge in [-0.05, 0) is 18.8 Å². The first-order valence-electron chi connectivity index (χ1n) is 6.78. The molecule has 0 aromatic heterocycles. The highest BCUT2D eigenvalue weighted by Crippen LogP contribution is 2.29. The van der Waals surface area contributed by atoms with Crippen LogP contribution >= 0.6 is 0 Å². The summed E-state index contributed by atoms with van der Waals surface area (Å²) in [7, 11) is 0. The minimum Gasteiger partial charge on any atom is -0.480 e. The van der Waals surface area contributed by atoms with Gasteiger partial charge in [0.05, 0.1) is 6.10 Å². The van der Waals surface area contributed by atoms with E-state index in [1.165, 1.54) is 12.5 Å². The van der Waals surface area contributed by atoms with Crippen molar-refractivity contribution in [2.45, 2.75) is 46.3 Å². The van der Waals surface area contributed by atoms with Gasteiger partial charge in [0, 0.05) is 13.1 Å². The molecule has 6 heteroatoms. The zero-order valence-corrected chi connectivity index (χ0v) is 12.5. The number of aliphatic hydroxyl groups excluding tert-OH is 1. The van der Waals surface area contributed by atoms with Crippen LogP contribution in [-0.2, 0) is 4.79 Å². The summed E-state index contributed by atoms with van der Waals surface area (Å²) in [6, 6.07) is -1.74. The lowest BCUT2D eigenvalue weighted by atomic mass is 9.83. The molecule has 1 rings (SSSR count). The Morgan fingerprint density at radius 3 is 2.35 bits per heavy atom. The van der Waals surface area contributed by atoms with Crippen LogP contribution in [0.2, 0.25) is 0 Å². The number of carboxylic acid groups (broad SMARTS) is 1. The molecule has 0 fully saturated rings. The Balaban J connectivity index is 2.63. The molecule has 20 heavy (non-hydrogen) atoms. The maximum atomic E-state index is 12.0. The average molecular weight is 284 g/mol. The zero-order valence-electron chi connectivity index (χ0n) is 12.5. The second-order valence-corrected chi connectivity index (χ2v) is 6.18. The number of nitrogens with one attached hydrogen (secondary N) is 1. The third kappa shape index (κ3) is 4.23. The Labute approximate surface area is 119 Å². The van der Waals surface area contributed by atoms with Gasteiger partial charge in [-0.2, -0.15) is 0 Å². The number of carbonyl (C=O) groups excluding carboxylic acids is 1. The SMILES string of the molecule is CC(O)C(NC(=O)N1CC=C(C(C)(C)C)CC1)C(=O)O. The van der Waals surface area contributed by atoms with E-state index in [9.17, 15) is 14.7 Å². The van der Waals surface area contributed by atoms with Gasteiger partial charge in [-0.25, -0.2) is 9.59 Å². The lowest BCUT2D eigenvalue weighted by Crippen LogP contribution is -2.53. The average Bonchev–Trinajstić information content (AvgIpc) is 2.34. The van der Waals surface area contributed by atoms with E-state index in [1.807, 2.05) is 6.08 Å². The first-order chi connectivity index (χ1) is 9.12. The summed E-state index contributed by atoms with van der Waals surface area (Å²) >= 11 is 0. The first kappa shape index (κ1) is 16.5. The van der Waals surface area contributed by atoms with Crippen molar-refractivity contribution in [1.29, 1.82) is 0 Å². The Bertz CT molecular complexity index is 410. The molecule has 1 heterocycles. The number of hydrogen-bond donors (Lipinski definition) is 3. The third-order valence-corrected chi connectivity index (χ3v) is 3.49. The van der Waals surface area contributed by atoms with Crippen LogP contribution in [-0.4, -0.2) is 52.3 Å². The van der Waals surface area contributed by atoms with Crippen molar-refractivity contribution in [3.63, 3.8) is 0 Å². The topological polar surface area (TPSA) is 89.9 Å². The van der Waals surface area contributed by atoms with Crippen LogP contribution in [0.15, 0.2) is 11.6 Å². The van der Waals surface area contributed by atoms with Gasteiger partial charge in [0.1, 0.15) is 0 Å². The Kier molecular flexibility index (Phi) is 5.16. The molecule has 0 spiro atoms. The minimum absolute atomic E-state index is 0.0891. The Morgan fingerprint density at radius 2 is 2.00 bits per heavy atom. The van der Waals surface area contributed by atoms with Gasteiger partial charge in [-0.15, -0.1) is 0 Å². The second kappa shape index (κ2) is 6.26. The fourth-order valence-electron chi connectivity index (χ4n) is 2.15. The number of amides is 2. The second-order valence-electron chi connectivity index (χ2n) is 6.18. The Hall–Kier alpha value is -1.56. The molecule has 114 valence electrons. The maximum absolute atomic E-state index is 12.0. The van der Waals surface area contributed by atoms with Crippen molar-refractivity contribution < 1.29 is 19.8 Å². The van der Waals surface area contributed by atoms with E-state index < -0.39 is 24.1 Å². The molecule has 0 saturated carbocycles. The number of carbonyl (C=O) groups is 2. The van der Waals surface area contributed by atoms with Gasteiger partial charge in [0.2, 0.25) is 0 Å². The molecule has 2 unspecified atom stereocenters. The molecule has 0 aliphatic carbocycles. The molecular weight excluding hydrogens is 260 g/mol. The lowest BCUT2D eigenvalue weighted by Gasteiger charge is -2.33. The van der Waals surface area contributed by atoms with Crippen molar-refractivity contribution >= 4 is 12.0 Å².